The average molecular weight is 230 g/mol. The van der Waals surface area contributed by atoms with Crippen LogP contribution in [0.1, 0.15) is 6.42 Å². The zero-order valence-electron chi connectivity index (χ0n) is 8.35. The van der Waals surface area contributed by atoms with Crippen LogP contribution in [0.15, 0.2) is 0 Å². The molecular formula is C8H12ClN5O. The van der Waals surface area contributed by atoms with Crippen LogP contribution in [0, 0.1) is 5.92 Å². The van der Waals surface area contributed by atoms with Gasteiger partial charge in [-0.2, -0.15) is 4.98 Å². The molecule has 1 saturated heterocycles. The van der Waals surface area contributed by atoms with Crippen molar-refractivity contribution in [3.8, 4) is 0 Å². The molecule has 0 radical (unpaired) electrons. The smallest absolute Gasteiger partial charge is 0.241 e. The molecule has 82 valence electrons. The maximum Gasteiger partial charge on any atom is 0.241 e. The summed E-state index contributed by atoms with van der Waals surface area (Å²) in [6, 6.07) is 0. The third-order valence-electron chi connectivity index (χ3n) is 2.42. The highest BCUT2D eigenvalue weighted by molar-refractivity contribution is 6.18. The first kappa shape index (κ1) is 10.2. The third-order valence-corrected chi connectivity index (χ3v) is 2.86. The molecule has 1 amide bonds. The van der Waals surface area contributed by atoms with E-state index in [1.807, 2.05) is 0 Å². The summed E-state index contributed by atoms with van der Waals surface area (Å²) in [4.78, 5) is 17.2. The number of aryl methyl sites for hydroxylation is 1. The molecule has 1 atom stereocenters. The van der Waals surface area contributed by atoms with Crippen LogP contribution in [0.3, 0.4) is 0 Å². The molecule has 0 bridgehead atoms. The monoisotopic (exact) mass is 229 g/mol. The zero-order chi connectivity index (χ0) is 11.0. The van der Waals surface area contributed by atoms with Crippen molar-refractivity contribution < 1.29 is 4.79 Å². The van der Waals surface area contributed by atoms with E-state index in [0.29, 0.717) is 24.8 Å². The SMILES string of the molecule is Cn1nc(N)nc1N1CC(CCl)CC1=O. The van der Waals surface area contributed by atoms with Gasteiger partial charge in [0.1, 0.15) is 0 Å². The van der Waals surface area contributed by atoms with E-state index in [-0.39, 0.29) is 17.8 Å². The number of carbonyl (C=O) groups excluding carboxylic acids is 1. The summed E-state index contributed by atoms with van der Waals surface area (Å²) in [5.74, 6) is 1.36. The number of hydrogen-bond acceptors (Lipinski definition) is 4. The van der Waals surface area contributed by atoms with Gasteiger partial charge < -0.3 is 5.73 Å². The minimum atomic E-state index is 0.0242. The topological polar surface area (TPSA) is 77.0 Å². The molecule has 2 rings (SSSR count). The predicted molar refractivity (Wildman–Crippen MR) is 56.6 cm³/mol. The third kappa shape index (κ3) is 1.77. The maximum atomic E-state index is 11.7. The number of aromatic nitrogens is 3. The number of rotatable bonds is 2. The lowest BCUT2D eigenvalue weighted by Crippen LogP contribution is -2.27. The molecule has 0 aliphatic carbocycles. The Bertz CT molecular complexity index is 390. The molecule has 0 spiro atoms. The van der Waals surface area contributed by atoms with Crippen molar-refractivity contribution in [2.24, 2.45) is 13.0 Å². The Kier molecular flexibility index (Phi) is 2.52. The summed E-state index contributed by atoms with van der Waals surface area (Å²) in [5, 5.41) is 3.90. The van der Waals surface area contributed by atoms with Crippen LogP contribution < -0.4 is 10.6 Å². The van der Waals surface area contributed by atoms with E-state index in [0.717, 1.165) is 0 Å². The van der Waals surface area contributed by atoms with E-state index in [1.165, 1.54) is 4.68 Å². The van der Waals surface area contributed by atoms with E-state index >= 15 is 0 Å². The van der Waals surface area contributed by atoms with Crippen LogP contribution in [0.25, 0.3) is 0 Å². The lowest BCUT2D eigenvalue weighted by Gasteiger charge is -2.13. The van der Waals surface area contributed by atoms with Gasteiger partial charge in [0.05, 0.1) is 0 Å². The molecule has 1 aliphatic rings. The van der Waals surface area contributed by atoms with Gasteiger partial charge in [-0.25, -0.2) is 4.68 Å². The van der Waals surface area contributed by atoms with Crippen molar-refractivity contribution in [2.75, 3.05) is 23.1 Å². The summed E-state index contributed by atoms with van der Waals surface area (Å²) >= 11 is 5.72. The van der Waals surface area contributed by atoms with Crippen molar-refractivity contribution in [3.63, 3.8) is 0 Å². The largest absolute Gasteiger partial charge is 0.366 e. The Morgan fingerprint density at radius 2 is 2.40 bits per heavy atom. The van der Waals surface area contributed by atoms with Crippen LogP contribution in [-0.4, -0.2) is 33.1 Å². The van der Waals surface area contributed by atoms with Crippen molar-refractivity contribution in [1.29, 1.82) is 0 Å². The molecule has 0 saturated carbocycles. The summed E-state index contributed by atoms with van der Waals surface area (Å²) in [6.07, 6.45) is 0.469. The van der Waals surface area contributed by atoms with Crippen LogP contribution in [0.4, 0.5) is 11.9 Å². The number of halogens is 1. The molecule has 2 N–H and O–H groups in total. The molecule has 6 nitrogen and oxygen atoms in total. The van der Waals surface area contributed by atoms with E-state index in [4.69, 9.17) is 17.3 Å². The van der Waals surface area contributed by atoms with E-state index < -0.39 is 0 Å². The summed E-state index contributed by atoms with van der Waals surface area (Å²) in [7, 11) is 1.71. The van der Waals surface area contributed by atoms with E-state index in [1.54, 1.807) is 11.9 Å². The quantitative estimate of drug-likeness (QED) is 0.724. The van der Waals surface area contributed by atoms with Gasteiger partial charge in [0.2, 0.25) is 17.8 Å². The molecule has 1 fully saturated rings. The highest BCUT2D eigenvalue weighted by atomic mass is 35.5. The highest BCUT2D eigenvalue weighted by Crippen LogP contribution is 2.24. The van der Waals surface area contributed by atoms with Gasteiger partial charge >= 0.3 is 0 Å². The zero-order valence-corrected chi connectivity index (χ0v) is 9.11. The van der Waals surface area contributed by atoms with Crippen molar-refractivity contribution in [2.45, 2.75) is 6.42 Å². The van der Waals surface area contributed by atoms with E-state index in [2.05, 4.69) is 10.1 Å². The molecule has 0 aromatic carbocycles. The lowest BCUT2D eigenvalue weighted by molar-refractivity contribution is -0.117. The Morgan fingerprint density at radius 3 is 2.87 bits per heavy atom. The highest BCUT2D eigenvalue weighted by Gasteiger charge is 2.32. The number of nitrogen functional groups attached to an aromatic ring is 1. The minimum Gasteiger partial charge on any atom is -0.366 e. The fourth-order valence-corrected chi connectivity index (χ4v) is 1.92. The first-order valence-electron chi connectivity index (χ1n) is 4.64. The molecular weight excluding hydrogens is 218 g/mol. The number of amides is 1. The van der Waals surface area contributed by atoms with Gasteiger partial charge in [-0.15, -0.1) is 16.7 Å². The minimum absolute atomic E-state index is 0.0242. The van der Waals surface area contributed by atoms with Gasteiger partial charge in [0.15, 0.2) is 0 Å². The first-order chi connectivity index (χ1) is 7.11. The fourth-order valence-electron chi connectivity index (χ4n) is 1.71. The average Bonchev–Trinajstić information content (AvgIpc) is 2.69. The lowest BCUT2D eigenvalue weighted by atomic mass is 10.2. The maximum absolute atomic E-state index is 11.7. The molecule has 1 aliphatic heterocycles. The van der Waals surface area contributed by atoms with Crippen molar-refractivity contribution in [1.82, 2.24) is 14.8 Å². The normalized spacial score (nSPS) is 21.3. The van der Waals surface area contributed by atoms with Gasteiger partial charge in [0.25, 0.3) is 0 Å². The second-order valence-corrected chi connectivity index (χ2v) is 3.93. The van der Waals surface area contributed by atoms with Crippen LogP contribution in [0.5, 0.6) is 0 Å². The second-order valence-electron chi connectivity index (χ2n) is 3.62. The fraction of sp³-hybridized carbons (Fsp3) is 0.625. The Morgan fingerprint density at radius 1 is 1.67 bits per heavy atom. The second kappa shape index (κ2) is 3.69. The summed E-state index contributed by atoms with van der Waals surface area (Å²) < 4.78 is 1.50. The van der Waals surface area contributed by atoms with Gasteiger partial charge in [-0.3, -0.25) is 9.69 Å². The predicted octanol–water partition coefficient (Wildman–Crippen LogP) is -0.0110. The standard InChI is InChI=1S/C8H12ClN5O/c1-13-8(11-7(10)12-13)14-4-5(3-9)2-6(14)15/h5H,2-4H2,1H3,(H2,10,12). The summed E-state index contributed by atoms with van der Waals surface area (Å²) in [6.45, 7) is 0.592. The van der Waals surface area contributed by atoms with Crippen molar-refractivity contribution >= 4 is 29.4 Å². The number of anilines is 2. The molecule has 1 aromatic rings. The van der Waals surface area contributed by atoms with Crippen LogP contribution in [-0.2, 0) is 11.8 Å². The molecule has 1 unspecified atom stereocenters. The number of alkyl halides is 1. The number of carbonyl (C=O) groups is 1. The van der Waals surface area contributed by atoms with Crippen LogP contribution >= 0.6 is 11.6 Å². The Labute approximate surface area is 92.0 Å². The van der Waals surface area contributed by atoms with Crippen molar-refractivity contribution in [3.05, 3.63) is 0 Å². The number of nitrogens with two attached hydrogens (primary N) is 1. The first-order valence-corrected chi connectivity index (χ1v) is 5.18. The number of hydrogen-bond donors (Lipinski definition) is 1. The summed E-state index contributed by atoms with van der Waals surface area (Å²) in [5.41, 5.74) is 5.45. The molecule has 2 heterocycles. The molecule has 1 aromatic heterocycles. The van der Waals surface area contributed by atoms with Crippen LogP contribution in [0.2, 0.25) is 0 Å². The van der Waals surface area contributed by atoms with Gasteiger partial charge in [-0.1, -0.05) is 0 Å². The van der Waals surface area contributed by atoms with Gasteiger partial charge in [0, 0.05) is 25.9 Å². The Balaban J connectivity index is 2.25. The number of nitrogens with zero attached hydrogens (tertiary/aromatic N) is 4. The molecule has 15 heavy (non-hydrogen) atoms. The molecule has 7 heteroatoms. The van der Waals surface area contributed by atoms with E-state index in [9.17, 15) is 4.79 Å². The Hall–Kier alpha value is -1.30. The van der Waals surface area contributed by atoms with Gasteiger partial charge in [-0.05, 0) is 5.92 Å².